The molecule has 6 nitrogen and oxygen atoms in total. The molecule has 1 aromatic heterocycles. The Morgan fingerprint density at radius 3 is 2.70 bits per heavy atom. The van der Waals surface area contributed by atoms with Crippen LogP contribution in [0.5, 0.6) is 0 Å². The summed E-state index contributed by atoms with van der Waals surface area (Å²) in [4.78, 5) is 23.2. The van der Waals surface area contributed by atoms with Crippen LogP contribution in [-0.4, -0.2) is 27.2 Å². The lowest BCUT2D eigenvalue weighted by Crippen LogP contribution is -2.33. The minimum Gasteiger partial charge on any atom is -0.481 e. The van der Waals surface area contributed by atoms with E-state index >= 15 is 0 Å². The van der Waals surface area contributed by atoms with Crippen LogP contribution in [-0.2, 0) is 9.59 Å². The lowest BCUT2D eigenvalue weighted by molar-refractivity contribution is -0.140. The molecule has 6 heteroatoms. The van der Waals surface area contributed by atoms with Crippen molar-refractivity contribution in [1.82, 2.24) is 15.5 Å². The lowest BCUT2D eigenvalue weighted by Gasteiger charge is -2.27. The minimum absolute atomic E-state index is 0.0816. The summed E-state index contributed by atoms with van der Waals surface area (Å²) in [6.45, 7) is 1.89. The first kappa shape index (κ1) is 14.6. The van der Waals surface area contributed by atoms with Crippen LogP contribution in [0.25, 0.3) is 0 Å². The summed E-state index contributed by atoms with van der Waals surface area (Å²) in [6.07, 6.45) is 7.47. The van der Waals surface area contributed by atoms with Crippen LogP contribution in [0.15, 0.2) is 12.4 Å². The van der Waals surface area contributed by atoms with Crippen molar-refractivity contribution in [2.24, 2.45) is 5.41 Å². The van der Waals surface area contributed by atoms with Crippen molar-refractivity contribution in [1.29, 1.82) is 0 Å². The van der Waals surface area contributed by atoms with E-state index in [9.17, 15) is 9.59 Å². The topological polar surface area (TPSA) is 95.1 Å². The number of aromatic amines is 1. The molecule has 110 valence electrons. The maximum absolute atomic E-state index is 12.2. The second kappa shape index (κ2) is 6.07. The Balaban J connectivity index is 1.93. The summed E-state index contributed by atoms with van der Waals surface area (Å²) in [7, 11) is 0. The Morgan fingerprint density at radius 1 is 1.45 bits per heavy atom. The van der Waals surface area contributed by atoms with Crippen molar-refractivity contribution >= 4 is 11.9 Å². The Labute approximate surface area is 118 Å². The number of hydrogen-bond acceptors (Lipinski definition) is 3. The molecule has 1 aliphatic rings. The molecule has 0 aliphatic heterocycles. The molecule has 1 fully saturated rings. The van der Waals surface area contributed by atoms with Crippen LogP contribution in [0.1, 0.15) is 57.1 Å². The Morgan fingerprint density at radius 2 is 2.15 bits per heavy atom. The maximum Gasteiger partial charge on any atom is 0.303 e. The second-order valence-corrected chi connectivity index (χ2v) is 5.78. The van der Waals surface area contributed by atoms with Crippen LogP contribution < -0.4 is 5.32 Å². The highest BCUT2D eigenvalue weighted by molar-refractivity contribution is 5.78. The van der Waals surface area contributed by atoms with Gasteiger partial charge in [-0.3, -0.25) is 14.7 Å². The molecule has 1 aliphatic carbocycles. The number of H-pyrrole nitrogens is 1. The van der Waals surface area contributed by atoms with Gasteiger partial charge in [-0.1, -0.05) is 12.8 Å². The highest BCUT2D eigenvalue weighted by Crippen LogP contribution is 2.44. The molecule has 20 heavy (non-hydrogen) atoms. The van der Waals surface area contributed by atoms with E-state index < -0.39 is 5.97 Å². The third-order valence-corrected chi connectivity index (χ3v) is 4.12. The first-order valence-electron chi connectivity index (χ1n) is 7.01. The number of carbonyl (C=O) groups is 2. The average molecular weight is 279 g/mol. The molecule has 1 heterocycles. The van der Waals surface area contributed by atoms with Gasteiger partial charge in [-0.25, -0.2) is 0 Å². The third kappa shape index (κ3) is 3.59. The molecule has 0 aromatic carbocycles. The van der Waals surface area contributed by atoms with Crippen molar-refractivity contribution in [2.75, 3.05) is 0 Å². The molecule has 2 rings (SSSR count). The summed E-state index contributed by atoms with van der Waals surface area (Å²) >= 11 is 0. The van der Waals surface area contributed by atoms with Gasteiger partial charge < -0.3 is 10.4 Å². The first-order chi connectivity index (χ1) is 9.51. The van der Waals surface area contributed by atoms with E-state index in [0.29, 0.717) is 6.42 Å². The SMILES string of the molecule is CC(NC(=O)CC1(CC(=O)O)CCCC1)c1cn[nH]c1. The second-order valence-electron chi connectivity index (χ2n) is 5.78. The Hall–Kier alpha value is -1.85. The monoisotopic (exact) mass is 279 g/mol. The summed E-state index contributed by atoms with van der Waals surface area (Å²) in [5.74, 6) is -0.899. The van der Waals surface area contributed by atoms with E-state index in [1.165, 1.54) is 0 Å². The predicted molar refractivity (Wildman–Crippen MR) is 72.9 cm³/mol. The quantitative estimate of drug-likeness (QED) is 0.742. The smallest absolute Gasteiger partial charge is 0.303 e. The lowest BCUT2D eigenvalue weighted by atomic mass is 9.79. The van der Waals surface area contributed by atoms with Gasteiger partial charge in [0, 0.05) is 18.2 Å². The molecule has 1 aromatic rings. The minimum atomic E-state index is -0.817. The molecule has 0 spiro atoms. The third-order valence-electron chi connectivity index (χ3n) is 4.12. The van der Waals surface area contributed by atoms with E-state index in [0.717, 1.165) is 31.2 Å². The number of rotatable bonds is 6. The molecule has 1 amide bonds. The number of carboxylic acids is 1. The van der Waals surface area contributed by atoms with Gasteiger partial charge in [0.25, 0.3) is 0 Å². The normalized spacial score (nSPS) is 18.6. The van der Waals surface area contributed by atoms with E-state index in [4.69, 9.17) is 5.11 Å². The van der Waals surface area contributed by atoms with E-state index in [1.807, 2.05) is 6.92 Å². The number of nitrogens with one attached hydrogen (secondary N) is 2. The van der Waals surface area contributed by atoms with E-state index in [1.54, 1.807) is 12.4 Å². The zero-order valence-corrected chi connectivity index (χ0v) is 11.7. The number of aliphatic carboxylic acids is 1. The molecular weight excluding hydrogens is 258 g/mol. The molecular formula is C14H21N3O3. The van der Waals surface area contributed by atoms with Gasteiger partial charge in [0.1, 0.15) is 0 Å². The summed E-state index contributed by atoms with van der Waals surface area (Å²) < 4.78 is 0. The number of aromatic nitrogens is 2. The number of hydrogen-bond donors (Lipinski definition) is 3. The van der Waals surface area contributed by atoms with Crippen LogP contribution in [0.4, 0.5) is 0 Å². The van der Waals surface area contributed by atoms with Crippen molar-refractivity contribution < 1.29 is 14.7 Å². The molecule has 1 saturated carbocycles. The van der Waals surface area contributed by atoms with Gasteiger partial charge in [0.2, 0.25) is 5.91 Å². The van der Waals surface area contributed by atoms with Crippen LogP contribution in [0, 0.1) is 5.41 Å². The van der Waals surface area contributed by atoms with Crippen molar-refractivity contribution in [2.45, 2.75) is 51.5 Å². The molecule has 3 N–H and O–H groups in total. The predicted octanol–water partition coefficient (Wildman–Crippen LogP) is 2.01. The number of amides is 1. The van der Waals surface area contributed by atoms with Gasteiger partial charge >= 0.3 is 5.97 Å². The molecule has 1 unspecified atom stereocenters. The fraction of sp³-hybridized carbons (Fsp3) is 0.643. The molecule has 0 saturated heterocycles. The van der Waals surface area contributed by atoms with E-state index in [-0.39, 0.29) is 23.8 Å². The van der Waals surface area contributed by atoms with Crippen LogP contribution >= 0.6 is 0 Å². The highest BCUT2D eigenvalue weighted by Gasteiger charge is 2.38. The zero-order chi connectivity index (χ0) is 14.6. The van der Waals surface area contributed by atoms with Crippen molar-refractivity contribution in [3.63, 3.8) is 0 Å². The van der Waals surface area contributed by atoms with E-state index in [2.05, 4.69) is 15.5 Å². The van der Waals surface area contributed by atoms with Crippen LogP contribution in [0.2, 0.25) is 0 Å². The van der Waals surface area contributed by atoms with Gasteiger partial charge in [-0.2, -0.15) is 5.10 Å². The first-order valence-corrected chi connectivity index (χ1v) is 7.01. The summed E-state index contributed by atoms with van der Waals surface area (Å²) in [5, 5.41) is 18.5. The zero-order valence-electron chi connectivity index (χ0n) is 11.7. The summed E-state index contributed by atoms with van der Waals surface area (Å²) in [5.41, 5.74) is 0.559. The number of carbonyl (C=O) groups excluding carboxylic acids is 1. The van der Waals surface area contributed by atoms with Crippen LogP contribution in [0.3, 0.4) is 0 Å². The Bertz CT molecular complexity index is 464. The van der Waals surface area contributed by atoms with Crippen molar-refractivity contribution in [3.05, 3.63) is 18.0 Å². The Kier molecular flexibility index (Phi) is 4.42. The summed E-state index contributed by atoms with van der Waals surface area (Å²) in [6, 6.07) is -0.121. The fourth-order valence-electron chi connectivity index (χ4n) is 3.08. The standard InChI is InChI=1S/C14H21N3O3/c1-10(11-8-15-16-9-11)17-12(18)6-14(7-13(19)20)4-2-3-5-14/h8-10H,2-7H2,1H3,(H,15,16)(H,17,18)(H,19,20). The maximum atomic E-state index is 12.2. The fourth-order valence-corrected chi connectivity index (χ4v) is 3.08. The highest BCUT2D eigenvalue weighted by atomic mass is 16.4. The number of nitrogens with zero attached hydrogens (tertiary/aromatic N) is 1. The number of carboxylic acid groups (broad SMARTS) is 1. The largest absolute Gasteiger partial charge is 0.481 e. The van der Waals surface area contributed by atoms with Crippen molar-refractivity contribution in [3.8, 4) is 0 Å². The van der Waals surface area contributed by atoms with Gasteiger partial charge in [-0.15, -0.1) is 0 Å². The van der Waals surface area contributed by atoms with Gasteiger partial charge in [-0.05, 0) is 25.2 Å². The molecule has 1 atom stereocenters. The van der Waals surface area contributed by atoms with Gasteiger partial charge in [0.15, 0.2) is 0 Å². The molecule has 0 radical (unpaired) electrons. The van der Waals surface area contributed by atoms with Gasteiger partial charge in [0.05, 0.1) is 18.7 Å². The average Bonchev–Trinajstić information content (AvgIpc) is 2.98. The molecule has 0 bridgehead atoms.